The average Bonchev–Trinajstić information content (AvgIpc) is 2.74. The predicted octanol–water partition coefficient (Wildman–Crippen LogP) is 0.559. The maximum atomic E-state index is 11.4. The molecule has 2 aliphatic rings. The van der Waals surface area contributed by atoms with Crippen molar-refractivity contribution in [2.75, 3.05) is 32.7 Å². The zero-order chi connectivity index (χ0) is 11.8. The van der Waals surface area contributed by atoms with Gasteiger partial charge in [0.25, 0.3) is 0 Å². The van der Waals surface area contributed by atoms with E-state index in [1.54, 1.807) is 0 Å². The number of hydrogen-bond donors (Lipinski definition) is 2. The van der Waals surface area contributed by atoms with E-state index in [1.807, 2.05) is 6.92 Å². The summed E-state index contributed by atoms with van der Waals surface area (Å²) < 4.78 is 0. The van der Waals surface area contributed by atoms with E-state index in [4.69, 9.17) is 0 Å². The molecule has 4 nitrogen and oxygen atoms in total. The Kier molecular flexibility index (Phi) is 3.04. The molecule has 0 saturated carbocycles. The second kappa shape index (κ2) is 4.18. The van der Waals surface area contributed by atoms with Gasteiger partial charge in [-0.25, -0.2) is 0 Å². The molecule has 90 valence electrons. The van der Waals surface area contributed by atoms with E-state index in [0.29, 0.717) is 13.1 Å². The van der Waals surface area contributed by atoms with Crippen molar-refractivity contribution in [3.05, 3.63) is 11.6 Å². The van der Waals surface area contributed by atoms with Crippen molar-refractivity contribution in [3.8, 4) is 0 Å². The van der Waals surface area contributed by atoms with Crippen molar-refractivity contribution in [2.45, 2.75) is 13.8 Å². The lowest BCUT2D eigenvalue weighted by atomic mass is 9.81. The first kappa shape index (κ1) is 11.6. The highest BCUT2D eigenvalue weighted by Crippen LogP contribution is 2.39. The van der Waals surface area contributed by atoms with E-state index in [1.165, 1.54) is 5.57 Å². The van der Waals surface area contributed by atoms with Gasteiger partial charge in [0.15, 0.2) is 0 Å². The lowest BCUT2D eigenvalue weighted by Crippen LogP contribution is -2.40. The number of nitrogens with one attached hydrogen (secondary N) is 1. The largest absolute Gasteiger partial charge is 0.481 e. The first-order valence-electron chi connectivity index (χ1n) is 5.87. The highest BCUT2D eigenvalue weighted by molar-refractivity contribution is 5.77. The van der Waals surface area contributed by atoms with Gasteiger partial charge in [0.05, 0.1) is 5.41 Å². The molecule has 0 bridgehead atoms. The van der Waals surface area contributed by atoms with Crippen LogP contribution in [0.25, 0.3) is 0 Å². The number of carboxylic acid groups (broad SMARTS) is 1. The quantitative estimate of drug-likeness (QED) is 0.688. The highest BCUT2D eigenvalue weighted by Gasteiger charge is 2.54. The standard InChI is InChI=1S/C12H20N2O2/c1-3-9(2)5-14-6-10-4-13-7-12(10,8-14)11(15)16/h3,10,13H,4-8H2,1-2H3,(H,15,16)/t10-,12-/m0/s1. The monoisotopic (exact) mass is 224 g/mol. The summed E-state index contributed by atoms with van der Waals surface area (Å²) in [7, 11) is 0. The SMILES string of the molecule is CC=C(C)CN1C[C@@H]2CNC[C@]2(C(=O)O)C1. The molecule has 0 spiro atoms. The fraction of sp³-hybridized carbons (Fsp3) is 0.750. The number of likely N-dealkylation sites (tertiary alicyclic amines) is 1. The first-order valence-corrected chi connectivity index (χ1v) is 5.87. The summed E-state index contributed by atoms with van der Waals surface area (Å²) in [5.74, 6) is -0.363. The number of carboxylic acids is 1. The molecule has 2 aliphatic heterocycles. The normalized spacial score (nSPS) is 35.4. The lowest BCUT2D eigenvalue weighted by Gasteiger charge is -2.22. The molecule has 0 aromatic carbocycles. The molecular weight excluding hydrogens is 204 g/mol. The van der Waals surface area contributed by atoms with Gasteiger partial charge in [-0.2, -0.15) is 0 Å². The Labute approximate surface area is 96.3 Å². The molecule has 0 amide bonds. The Bertz CT molecular complexity index is 327. The van der Waals surface area contributed by atoms with Crippen LogP contribution in [0, 0.1) is 11.3 Å². The van der Waals surface area contributed by atoms with Gasteiger partial charge in [0, 0.05) is 38.6 Å². The summed E-state index contributed by atoms with van der Waals surface area (Å²) in [4.78, 5) is 13.7. The second-order valence-corrected chi connectivity index (χ2v) is 5.09. The number of fused-ring (bicyclic) bond motifs is 1. The van der Waals surface area contributed by atoms with Crippen LogP contribution in [-0.4, -0.2) is 48.7 Å². The number of allylic oxidation sites excluding steroid dienone is 1. The minimum absolute atomic E-state index is 0.273. The van der Waals surface area contributed by atoms with Crippen LogP contribution in [0.15, 0.2) is 11.6 Å². The molecule has 4 heteroatoms. The second-order valence-electron chi connectivity index (χ2n) is 5.09. The van der Waals surface area contributed by atoms with Crippen LogP contribution in [0.4, 0.5) is 0 Å². The van der Waals surface area contributed by atoms with Crippen molar-refractivity contribution in [3.63, 3.8) is 0 Å². The van der Waals surface area contributed by atoms with Crippen molar-refractivity contribution < 1.29 is 9.90 Å². The molecule has 0 aliphatic carbocycles. The molecule has 0 unspecified atom stereocenters. The van der Waals surface area contributed by atoms with Gasteiger partial charge in [-0.3, -0.25) is 9.69 Å². The van der Waals surface area contributed by atoms with Gasteiger partial charge in [0.1, 0.15) is 0 Å². The van der Waals surface area contributed by atoms with Crippen LogP contribution in [0.5, 0.6) is 0 Å². The van der Waals surface area contributed by atoms with Gasteiger partial charge in [-0.1, -0.05) is 11.6 Å². The number of hydrogen-bond acceptors (Lipinski definition) is 3. The fourth-order valence-electron chi connectivity index (χ4n) is 2.89. The third-order valence-electron chi connectivity index (χ3n) is 3.99. The van der Waals surface area contributed by atoms with Gasteiger partial charge >= 0.3 is 5.97 Å². The summed E-state index contributed by atoms with van der Waals surface area (Å²) >= 11 is 0. The van der Waals surface area contributed by atoms with Crippen molar-refractivity contribution in [1.82, 2.24) is 10.2 Å². The van der Waals surface area contributed by atoms with E-state index in [9.17, 15) is 9.90 Å². The van der Waals surface area contributed by atoms with Crippen LogP contribution < -0.4 is 5.32 Å². The van der Waals surface area contributed by atoms with Crippen LogP contribution in [-0.2, 0) is 4.79 Å². The molecule has 0 aromatic heterocycles. The summed E-state index contributed by atoms with van der Waals surface area (Å²) in [6, 6.07) is 0. The molecular formula is C12H20N2O2. The Morgan fingerprint density at radius 1 is 1.69 bits per heavy atom. The molecule has 2 fully saturated rings. The molecule has 2 heterocycles. The number of nitrogens with zero attached hydrogens (tertiary/aromatic N) is 1. The van der Waals surface area contributed by atoms with Crippen LogP contribution >= 0.6 is 0 Å². The maximum Gasteiger partial charge on any atom is 0.312 e. The Morgan fingerprint density at radius 2 is 2.44 bits per heavy atom. The first-order chi connectivity index (χ1) is 7.58. The number of aliphatic carboxylic acids is 1. The molecule has 2 N–H and O–H groups in total. The van der Waals surface area contributed by atoms with Gasteiger partial charge in [-0.15, -0.1) is 0 Å². The molecule has 0 aromatic rings. The smallest absolute Gasteiger partial charge is 0.312 e. The Hall–Kier alpha value is -0.870. The van der Waals surface area contributed by atoms with E-state index in [0.717, 1.165) is 19.6 Å². The van der Waals surface area contributed by atoms with Crippen molar-refractivity contribution in [2.24, 2.45) is 11.3 Å². The molecule has 2 atom stereocenters. The minimum atomic E-state index is -0.636. The number of carbonyl (C=O) groups is 1. The minimum Gasteiger partial charge on any atom is -0.481 e. The summed E-state index contributed by atoms with van der Waals surface area (Å²) in [6.45, 7) is 8.09. The maximum absolute atomic E-state index is 11.4. The van der Waals surface area contributed by atoms with Gasteiger partial charge in [0.2, 0.25) is 0 Å². The average molecular weight is 224 g/mol. The van der Waals surface area contributed by atoms with Crippen LogP contribution in [0.1, 0.15) is 13.8 Å². The highest BCUT2D eigenvalue weighted by atomic mass is 16.4. The van der Waals surface area contributed by atoms with Crippen molar-refractivity contribution in [1.29, 1.82) is 0 Å². The van der Waals surface area contributed by atoms with E-state index >= 15 is 0 Å². The lowest BCUT2D eigenvalue weighted by molar-refractivity contribution is -0.148. The molecule has 16 heavy (non-hydrogen) atoms. The predicted molar refractivity (Wildman–Crippen MR) is 62.3 cm³/mol. The molecule has 2 rings (SSSR count). The van der Waals surface area contributed by atoms with Gasteiger partial charge < -0.3 is 10.4 Å². The fourth-order valence-corrected chi connectivity index (χ4v) is 2.89. The van der Waals surface area contributed by atoms with E-state index < -0.39 is 11.4 Å². The summed E-state index contributed by atoms with van der Waals surface area (Å²) in [5, 5.41) is 12.6. The Morgan fingerprint density at radius 3 is 3.00 bits per heavy atom. The van der Waals surface area contributed by atoms with Crippen LogP contribution in [0.3, 0.4) is 0 Å². The van der Waals surface area contributed by atoms with E-state index in [-0.39, 0.29) is 5.92 Å². The van der Waals surface area contributed by atoms with Crippen molar-refractivity contribution >= 4 is 5.97 Å². The molecule has 2 saturated heterocycles. The van der Waals surface area contributed by atoms with Crippen LogP contribution in [0.2, 0.25) is 0 Å². The van der Waals surface area contributed by atoms with E-state index in [2.05, 4.69) is 23.2 Å². The zero-order valence-electron chi connectivity index (χ0n) is 9.99. The topological polar surface area (TPSA) is 52.6 Å². The third kappa shape index (κ3) is 1.76. The number of rotatable bonds is 3. The zero-order valence-corrected chi connectivity index (χ0v) is 9.99. The summed E-state index contributed by atoms with van der Waals surface area (Å²) in [6.07, 6.45) is 2.10. The Balaban J connectivity index is 2.08. The third-order valence-corrected chi connectivity index (χ3v) is 3.99. The summed E-state index contributed by atoms with van der Waals surface area (Å²) in [5.41, 5.74) is 0.780. The molecule has 0 radical (unpaired) electrons. The van der Waals surface area contributed by atoms with Gasteiger partial charge in [-0.05, 0) is 13.8 Å².